The van der Waals surface area contributed by atoms with Crippen LogP contribution < -0.4 is 0 Å². The minimum absolute atomic E-state index is 0. The number of rotatable bonds is 7. The molecular weight excluding hydrogens is 914 g/mol. The zero-order valence-corrected chi connectivity index (χ0v) is 38.6. The first-order valence-electron chi connectivity index (χ1n) is 21.0. The molecule has 5 heteroatoms. The molecule has 0 atom stereocenters. The third-order valence-electron chi connectivity index (χ3n) is 11.4. The van der Waals surface area contributed by atoms with Crippen molar-refractivity contribution < 1.29 is 27.5 Å². The fourth-order valence-corrected chi connectivity index (χ4v) is 8.05. The van der Waals surface area contributed by atoms with Crippen LogP contribution in [-0.2, 0) is 31.9 Å². The van der Waals surface area contributed by atoms with E-state index in [2.05, 4.69) is 150 Å². The summed E-state index contributed by atoms with van der Waals surface area (Å²) < 4.78 is 10.7. The molecule has 0 aliphatic carbocycles. The number of benzene rings is 6. The second-order valence-corrected chi connectivity index (χ2v) is 18.2. The molecule has 306 valence electrons. The van der Waals surface area contributed by atoms with Crippen molar-refractivity contribution in [2.75, 3.05) is 0 Å². The van der Waals surface area contributed by atoms with E-state index in [0.717, 1.165) is 83.6 Å². The smallest absolute Gasteiger partial charge is 0.148 e. The molecular formula is C55H54N3OPt-. The van der Waals surface area contributed by atoms with E-state index in [9.17, 15) is 5.11 Å². The van der Waals surface area contributed by atoms with Crippen molar-refractivity contribution in [1.82, 2.24) is 14.5 Å². The summed E-state index contributed by atoms with van der Waals surface area (Å²) in [6.07, 6.45) is 1.87. The normalized spacial score (nSPS) is 12.3. The van der Waals surface area contributed by atoms with Crippen molar-refractivity contribution in [2.45, 2.75) is 86.0 Å². The quantitative estimate of drug-likeness (QED) is 0.162. The summed E-state index contributed by atoms with van der Waals surface area (Å²) >= 11 is 0. The first-order chi connectivity index (χ1) is 28.4. The Balaban J connectivity index is 0.00000561. The van der Waals surface area contributed by atoms with Crippen LogP contribution in [0.5, 0.6) is 5.75 Å². The van der Waals surface area contributed by atoms with Gasteiger partial charge in [-0.25, -0.2) is 4.98 Å². The van der Waals surface area contributed by atoms with E-state index >= 15 is 0 Å². The van der Waals surface area contributed by atoms with Gasteiger partial charge in [0.2, 0.25) is 0 Å². The SMILES string of the molecule is [2H]C(C)(C)c1ccc(-c2ccnc(-c3[c-]c(-c4cccc5c4nc(-c4cc(C)cc(C)c4O)n5-c4ccc(-c5ccccc5)cc4C(C)(C)C)cc(C(C)(C)C)c3)c2)cc1.[Pt]. The van der Waals surface area contributed by atoms with Gasteiger partial charge in [-0.05, 0) is 105 Å². The summed E-state index contributed by atoms with van der Waals surface area (Å²) in [5, 5.41) is 11.7. The molecule has 0 amide bonds. The Bertz CT molecular complexity index is 2890. The van der Waals surface area contributed by atoms with Gasteiger partial charge in [-0.15, -0.1) is 29.3 Å². The van der Waals surface area contributed by atoms with E-state index < -0.39 is 5.89 Å². The second-order valence-electron chi connectivity index (χ2n) is 18.2. The van der Waals surface area contributed by atoms with Crippen LogP contribution in [0, 0.1) is 19.9 Å². The van der Waals surface area contributed by atoms with Crippen molar-refractivity contribution >= 4 is 11.0 Å². The molecule has 4 nitrogen and oxygen atoms in total. The van der Waals surface area contributed by atoms with Crippen molar-refractivity contribution in [3.63, 3.8) is 0 Å². The van der Waals surface area contributed by atoms with Gasteiger partial charge in [0.25, 0.3) is 0 Å². The summed E-state index contributed by atoms with van der Waals surface area (Å²) in [6.45, 7) is 21.3. The van der Waals surface area contributed by atoms with E-state index in [-0.39, 0.29) is 37.6 Å². The average Bonchev–Trinajstić information content (AvgIpc) is 3.61. The maximum absolute atomic E-state index is 11.7. The monoisotopic (exact) mass is 968 g/mol. The number of phenols is 1. The molecule has 0 saturated heterocycles. The molecule has 1 N–H and O–H groups in total. The summed E-state index contributed by atoms with van der Waals surface area (Å²) in [5.41, 5.74) is 16.3. The zero-order chi connectivity index (χ0) is 42.7. The summed E-state index contributed by atoms with van der Waals surface area (Å²) in [4.78, 5) is 10.4. The minimum Gasteiger partial charge on any atom is -0.507 e. The largest absolute Gasteiger partial charge is 0.507 e. The number of aromatic hydroxyl groups is 1. The third-order valence-corrected chi connectivity index (χ3v) is 11.4. The molecule has 2 aromatic heterocycles. The first-order valence-corrected chi connectivity index (χ1v) is 20.5. The van der Waals surface area contributed by atoms with Crippen LogP contribution in [0.2, 0.25) is 0 Å². The Morgan fingerprint density at radius 2 is 1.33 bits per heavy atom. The number of aryl methyl sites for hydroxylation is 2. The van der Waals surface area contributed by atoms with Crippen LogP contribution in [0.1, 0.15) is 90.5 Å². The minimum atomic E-state index is -0.665. The van der Waals surface area contributed by atoms with Gasteiger partial charge < -0.3 is 5.11 Å². The molecule has 6 aromatic carbocycles. The van der Waals surface area contributed by atoms with E-state index in [1.54, 1.807) is 0 Å². The predicted molar refractivity (Wildman–Crippen MR) is 248 cm³/mol. The van der Waals surface area contributed by atoms with Crippen LogP contribution in [0.4, 0.5) is 0 Å². The maximum atomic E-state index is 11.7. The van der Waals surface area contributed by atoms with Gasteiger partial charge in [0, 0.05) is 34.3 Å². The number of imidazole rings is 1. The van der Waals surface area contributed by atoms with Crippen LogP contribution in [-0.4, -0.2) is 19.6 Å². The van der Waals surface area contributed by atoms with E-state index in [0.29, 0.717) is 11.4 Å². The predicted octanol–water partition coefficient (Wildman–Crippen LogP) is 14.6. The topological polar surface area (TPSA) is 50.9 Å². The Morgan fingerprint density at radius 3 is 2.02 bits per heavy atom. The van der Waals surface area contributed by atoms with Gasteiger partial charge in [-0.1, -0.05) is 151 Å². The number of pyridine rings is 1. The van der Waals surface area contributed by atoms with Crippen LogP contribution >= 0.6 is 0 Å². The molecule has 0 aliphatic heterocycles. The molecule has 8 rings (SSSR count). The number of aromatic nitrogens is 3. The van der Waals surface area contributed by atoms with Crippen LogP contribution in [0.25, 0.3) is 72.7 Å². The molecule has 0 aliphatic rings. The molecule has 0 radical (unpaired) electrons. The number of phenolic OH excluding ortho intramolecular Hbond substituents is 1. The van der Waals surface area contributed by atoms with Gasteiger partial charge >= 0.3 is 0 Å². The van der Waals surface area contributed by atoms with Gasteiger partial charge in [0.1, 0.15) is 11.6 Å². The molecule has 0 spiro atoms. The van der Waals surface area contributed by atoms with Gasteiger partial charge in [-0.2, -0.15) is 0 Å². The molecule has 0 bridgehead atoms. The number of para-hydroxylation sites is 1. The number of nitrogens with zero attached hydrogens (tertiary/aromatic N) is 3. The maximum Gasteiger partial charge on any atom is 0.148 e. The standard InChI is InChI=1S/C55H54N3O.Pt/c1-34(2)37-19-21-39(22-20-37)41-25-26-56-48(33-41)43-29-42(30-44(31-43)54(5,6)7)45-17-14-18-50-51(45)57-53(46-28-35(3)27-36(4)52(46)59)58(50)49-24-23-40(32-47(49)55(8,9)10)38-15-12-11-13-16-38;/h11-28,30-34,59H,1-10H3;/q-1;/i34D;. The zero-order valence-electron chi connectivity index (χ0n) is 37.3. The van der Waals surface area contributed by atoms with Crippen LogP contribution in [0.15, 0.2) is 134 Å². The number of hydrogen-bond acceptors (Lipinski definition) is 3. The van der Waals surface area contributed by atoms with Gasteiger partial charge in [0.05, 0.1) is 22.3 Å². The fraction of sp³-hybridized carbons (Fsp3) is 0.236. The Hall–Kier alpha value is -5.57. The van der Waals surface area contributed by atoms with Gasteiger partial charge in [0.15, 0.2) is 0 Å². The Kier molecular flexibility index (Phi) is 11.3. The molecule has 0 unspecified atom stereocenters. The molecule has 8 aromatic rings. The molecule has 0 saturated carbocycles. The van der Waals surface area contributed by atoms with Crippen molar-refractivity contribution in [3.05, 3.63) is 167 Å². The first kappa shape index (κ1) is 41.2. The van der Waals surface area contributed by atoms with Gasteiger partial charge in [-0.3, -0.25) is 9.55 Å². The second kappa shape index (κ2) is 16.5. The van der Waals surface area contributed by atoms with Crippen molar-refractivity contribution in [1.29, 1.82) is 0 Å². The number of fused-ring (bicyclic) bond motifs is 1. The summed E-state index contributed by atoms with van der Waals surface area (Å²) in [5.74, 6) is 0.243. The van der Waals surface area contributed by atoms with Crippen LogP contribution in [0.3, 0.4) is 0 Å². The third kappa shape index (κ3) is 8.28. The summed E-state index contributed by atoms with van der Waals surface area (Å²) in [6, 6.07) is 48.3. The van der Waals surface area contributed by atoms with Crippen molar-refractivity contribution in [2.24, 2.45) is 0 Å². The number of hydrogen-bond donors (Lipinski definition) is 1. The molecule has 60 heavy (non-hydrogen) atoms. The van der Waals surface area contributed by atoms with E-state index in [1.165, 1.54) is 5.56 Å². The fourth-order valence-electron chi connectivity index (χ4n) is 8.05. The van der Waals surface area contributed by atoms with Crippen molar-refractivity contribution in [3.8, 4) is 67.5 Å². The Labute approximate surface area is 372 Å². The average molecular weight is 969 g/mol. The molecule has 0 fully saturated rings. The van der Waals surface area contributed by atoms with E-state index in [4.69, 9.17) is 11.3 Å². The van der Waals surface area contributed by atoms with E-state index in [1.807, 2.05) is 63.4 Å². The summed E-state index contributed by atoms with van der Waals surface area (Å²) in [7, 11) is 0. The Morgan fingerprint density at radius 1 is 0.667 bits per heavy atom. The molecule has 2 heterocycles.